The van der Waals surface area contributed by atoms with Gasteiger partial charge in [0, 0.05) is 17.8 Å². The SMILES string of the molecule is C=C1NC(=O)CCC1Nc1cccc(-c2ccccc2)c1. The maximum absolute atomic E-state index is 11.3. The van der Waals surface area contributed by atoms with E-state index >= 15 is 0 Å². The Balaban J connectivity index is 1.78. The van der Waals surface area contributed by atoms with E-state index in [2.05, 4.69) is 41.5 Å². The Morgan fingerprint density at radius 1 is 1.05 bits per heavy atom. The number of rotatable bonds is 3. The molecule has 0 saturated carbocycles. The van der Waals surface area contributed by atoms with Crippen LogP contribution in [0.2, 0.25) is 0 Å². The molecule has 0 radical (unpaired) electrons. The highest BCUT2D eigenvalue weighted by Crippen LogP contribution is 2.24. The molecule has 0 bridgehead atoms. The van der Waals surface area contributed by atoms with Crippen LogP contribution in [0.5, 0.6) is 0 Å². The molecule has 1 fully saturated rings. The van der Waals surface area contributed by atoms with Gasteiger partial charge in [0.15, 0.2) is 0 Å². The van der Waals surface area contributed by atoms with Crippen molar-refractivity contribution < 1.29 is 4.79 Å². The summed E-state index contributed by atoms with van der Waals surface area (Å²) in [6.07, 6.45) is 1.31. The van der Waals surface area contributed by atoms with E-state index < -0.39 is 0 Å². The number of carbonyl (C=O) groups is 1. The Morgan fingerprint density at radius 2 is 1.81 bits per heavy atom. The molecule has 21 heavy (non-hydrogen) atoms. The molecular weight excluding hydrogens is 260 g/mol. The van der Waals surface area contributed by atoms with Crippen LogP contribution in [0.15, 0.2) is 66.9 Å². The van der Waals surface area contributed by atoms with Crippen molar-refractivity contribution in [3.8, 4) is 11.1 Å². The average Bonchev–Trinajstić information content (AvgIpc) is 2.51. The lowest BCUT2D eigenvalue weighted by molar-refractivity contribution is -0.121. The van der Waals surface area contributed by atoms with Crippen molar-refractivity contribution in [2.45, 2.75) is 18.9 Å². The molecular formula is C18H18N2O. The molecule has 1 unspecified atom stereocenters. The molecule has 2 N–H and O–H groups in total. The van der Waals surface area contributed by atoms with Crippen molar-refractivity contribution in [1.29, 1.82) is 0 Å². The van der Waals surface area contributed by atoms with Gasteiger partial charge in [0.25, 0.3) is 0 Å². The van der Waals surface area contributed by atoms with Gasteiger partial charge in [0.05, 0.1) is 6.04 Å². The Bertz CT molecular complexity index is 664. The van der Waals surface area contributed by atoms with Gasteiger partial charge in [-0.05, 0) is 29.7 Å². The van der Waals surface area contributed by atoms with Crippen molar-refractivity contribution in [3.05, 3.63) is 66.9 Å². The second kappa shape index (κ2) is 5.83. The van der Waals surface area contributed by atoms with Crippen molar-refractivity contribution in [1.82, 2.24) is 5.32 Å². The maximum atomic E-state index is 11.3. The van der Waals surface area contributed by atoms with Crippen LogP contribution in [-0.4, -0.2) is 11.9 Å². The summed E-state index contributed by atoms with van der Waals surface area (Å²) < 4.78 is 0. The molecule has 1 atom stereocenters. The summed E-state index contributed by atoms with van der Waals surface area (Å²) in [5.41, 5.74) is 4.15. The van der Waals surface area contributed by atoms with Crippen LogP contribution in [0.3, 0.4) is 0 Å². The van der Waals surface area contributed by atoms with Crippen molar-refractivity contribution in [2.75, 3.05) is 5.32 Å². The Labute approximate surface area is 124 Å². The summed E-state index contributed by atoms with van der Waals surface area (Å²) in [6, 6.07) is 18.7. The van der Waals surface area contributed by atoms with Gasteiger partial charge < -0.3 is 10.6 Å². The number of anilines is 1. The minimum atomic E-state index is 0.0519. The predicted molar refractivity (Wildman–Crippen MR) is 85.8 cm³/mol. The van der Waals surface area contributed by atoms with Gasteiger partial charge in [-0.1, -0.05) is 49.0 Å². The first-order chi connectivity index (χ1) is 10.2. The number of amides is 1. The van der Waals surface area contributed by atoms with E-state index in [0.717, 1.165) is 17.8 Å². The monoisotopic (exact) mass is 278 g/mol. The summed E-state index contributed by atoms with van der Waals surface area (Å²) in [7, 11) is 0. The van der Waals surface area contributed by atoms with Crippen LogP contribution in [0.1, 0.15) is 12.8 Å². The smallest absolute Gasteiger partial charge is 0.224 e. The van der Waals surface area contributed by atoms with Crippen LogP contribution >= 0.6 is 0 Å². The van der Waals surface area contributed by atoms with Gasteiger partial charge in [-0.2, -0.15) is 0 Å². The second-order valence-corrected chi connectivity index (χ2v) is 5.26. The topological polar surface area (TPSA) is 41.1 Å². The summed E-state index contributed by atoms with van der Waals surface area (Å²) in [5.74, 6) is 0.0519. The Kier molecular flexibility index (Phi) is 3.73. The minimum Gasteiger partial charge on any atom is -0.377 e. The van der Waals surface area contributed by atoms with E-state index in [4.69, 9.17) is 0 Å². The van der Waals surface area contributed by atoms with Crippen molar-refractivity contribution in [3.63, 3.8) is 0 Å². The fourth-order valence-electron chi connectivity index (χ4n) is 2.56. The third-order valence-corrected chi connectivity index (χ3v) is 3.69. The summed E-state index contributed by atoms with van der Waals surface area (Å²) in [6.45, 7) is 3.93. The summed E-state index contributed by atoms with van der Waals surface area (Å²) in [4.78, 5) is 11.3. The molecule has 1 aliphatic rings. The Morgan fingerprint density at radius 3 is 2.57 bits per heavy atom. The van der Waals surface area contributed by atoms with E-state index in [1.54, 1.807) is 0 Å². The van der Waals surface area contributed by atoms with E-state index in [1.807, 2.05) is 30.3 Å². The number of carbonyl (C=O) groups excluding carboxylic acids is 1. The lowest BCUT2D eigenvalue weighted by Crippen LogP contribution is -2.39. The van der Waals surface area contributed by atoms with E-state index in [0.29, 0.717) is 6.42 Å². The molecule has 1 amide bonds. The molecule has 0 aliphatic carbocycles. The zero-order valence-electron chi connectivity index (χ0n) is 11.8. The minimum absolute atomic E-state index is 0.0519. The number of piperidine rings is 1. The van der Waals surface area contributed by atoms with Crippen molar-refractivity contribution in [2.24, 2.45) is 0 Å². The van der Waals surface area contributed by atoms with Crippen LogP contribution in [0.4, 0.5) is 5.69 Å². The third kappa shape index (κ3) is 3.14. The molecule has 2 aromatic rings. The number of benzene rings is 2. The molecule has 3 heteroatoms. The predicted octanol–water partition coefficient (Wildman–Crippen LogP) is 3.56. The standard InChI is InChI=1S/C18H18N2O/c1-13-17(10-11-18(21)19-13)20-16-9-5-8-15(12-16)14-6-3-2-4-7-14/h2-9,12,17,20H,1,10-11H2,(H,19,21). The quantitative estimate of drug-likeness (QED) is 0.901. The highest BCUT2D eigenvalue weighted by atomic mass is 16.1. The number of hydrogen-bond donors (Lipinski definition) is 2. The molecule has 3 nitrogen and oxygen atoms in total. The lowest BCUT2D eigenvalue weighted by atomic mass is 10.0. The first-order valence-corrected chi connectivity index (χ1v) is 7.13. The van der Waals surface area contributed by atoms with Gasteiger partial charge in [-0.3, -0.25) is 4.79 Å². The van der Waals surface area contributed by atoms with Gasteiger partial charge in [0.1, 0.15) is 0 Å². The van der Waals surface area contributed by atoms with E-state index in [-0.39, 0.29) is 11.9 Å². The number of hydrogen-bond acceptors (Lipinski definition) is 2. The van der Waals surface area contributed by atoms with Gasteiger partial charge in [0.2, 0.25) is 5.91 Å². The van der Waals surface area contributed by atoms with Crippen LogP contribution in [0, 0.1) is 0 Å². The zero-order valence-corrected chi connectivity index (χ0v) is 11.8. The highest BCUT2D eigenvalue weighted by Gasteiger charge is 2.21. The lowest BCUT2D eigenvalue weighted by Gasteiger charge is -2.27. The molecule has 0 aromatic heterocycles. The van der Waals surface area contributed by atoms with Gasteiger partial charge in [-0.25, -0.2) is 0 Å². The molecule has 2 aromatic carbocycles. The first kappa shape index (κ1) is 13.4. The largest absolute Gasteiger partial charge is 0.377 e. The fraction of sp³-hybridized carbons (Fsp3) is 0.167. The normalized spacial score (nSPS) is 18.2. The third-order valence-electron chi connectivity index (χ3n) is 3.69. The second-order valence-electron chi connectivity index (χ2n) is 5.26. The average molecular weight is 278 g/mol. The molecule has 0 spiro atoms. The summed E-state index contributed by atoms with van der Waals surface area (Å²) >= 11 is 0. The molecule has 1 heterocycles. The Hall–Kier alpha value is -2.55. The van der Waals surface area contributed by atoms with Gasteiger partial charge >= 0.3 is 0 Å². The van der Waals surface area contributed by atoms with Crippen LogP contribution < -0.4 is 10.6 Å². The van der Waals surface area contributed by atoms with Crippen LogP contribution in [0.25, 0.3) is 11.1 Å². The first-order valence-electron chi connectivity index (χ1n) is 7.13. The highest BCUT2D eigenvalue weighted by molar-refractivity contribution is 5.79. The maximum Gasteiger partial charge on any atom is 0.224 e. The molecule has 1 aliphatic heterocycles. The summed E-state index contributed by atoms with van der Waals surface area (Å²) in [5, 5.41) is 6.25. The van der Waals surface area contributed by atoms with E-state index in [9.17, 15) is 4.79 Å². The van der Waals surface area contributed by atoms with Gasteiger partial charge in [-0.15, -0.1) is 0 Å². The number of nitrogens with one attached hydrogen (secondary N) is 2. The van der Waals surface area contributed by atoms with Crippen molar-refractivity contribution >= 4 is 11.6 Å². The molecule has 3 rings (SSSR count). The fourth-order valence-corrected chi connectivity index (χ4v) is 2.56. The van der Waals surface area contributed by atoms with Crippen LogP contribution in [-0.2, 0) is 4.79 Å². The van der Waals surface area contributed by atoms with E-state index in [1.165, 1.54) is 11.1 Å². The molecule has 106 valence electrons. The molecule has 1 saturated heterocycles. The zero-order chi connectivity index (χ0) is 14.7.